The molecule has 1 aliphatic heterocycles. The molecule has 1 fully saturated rings. The largest absolute Gasteiger partial charge is 0.443 e. The Balaban J connectivity index is 1.83. The van der Waals surface area contributed by atoms with Crippen molar-refractivity contribution in [1.29, 1.82) is 0 Å². The third kappa shape index (κ3) is 3.93. The van der Waals surface area contributed by atoms with Crippen LogP contribution in [0.1, 0.15) is 20.4 Å². The van der Waals surface area contributed by atoms with Gasteiger partial charge in [0.25, 0.3) is 5.91 Å². The summed E-state index contributed by atoms with van der Waals surface area (Å²) in [7, 11) is 0. The molecule has 0 aliphatic carbocycles. The fraction of sp³-hybridized carbons (Fsp3) is 0.375. The average molecular weight is 371 g/mol. The second-order valence-corrected chi connectivity index (χ2v) is 6.50. The summed E-state index contributed by atoms with van der Waals surface area (Å²) in [6.07, 6.45) is -4.56. The van der Waals surface area contributed by atoms with Gasteiger partial charge in [-0.25, -0.2) is 4.98 Å². The molecule has 2 aromatic rings. The molecule has 0 unspecified atom stereocenters. The number of amides is 1. The number of alkyl halides is 3. The lowest BCUT2D eigenvalue weighted by Crippen LogP contribution is -2.36. The first kappa shape index (κ1) is 17.7. The number of hydrogen-bond acceptors (Lipinski definition) is 5. The number of benzene rings is 1. The number of thiazole rings is 1. The van der Waals surface area contributed by atoms with E-state index >= 15 is 0 Å². The molecule has 9 heteroatoms. The quantitative estimate of drug-likeness (QED) is 0.896. The van der Waals surface area contributed by atoms with Gasteiger partial charge in [-0.1, -0.05) is 12.1 Å². The first-order valence-electron chi connectivity index (χ1n) is 7.64. The summed E-state index contributed by atoms with van der Waals surface area (Å²) in [5, 5.41) is 1.69. The van der Waals surface area contributed by atoms with Crippen LogP contribution < -0.4 is 10.2 Å². The number of hydrogen-bond donors (Lipinski definition) is 1. The van der Waals surface area contributed by atoms with Gasteiger partial charge in [0.05, 0.1) is 30.3 Å². The van der Waals surface area contributed by atoms with E-state index in [4.69, 9.17) is 4.74 Å². The van der Waals surface area contributed by atoms with E-state index in [-0.39, 0.29) is 10.6 Å². The van der Waals surface area contributed by atoms with Crippen molar-refractivity contribution < 1.29 is 22.7 Å². The zero-order valence-corrected chi connectivity index (χ0v) is 14.2. The van der Waals surface area contributed by atoms with Gasteiger partial charge in [-0.3, -0.25) is 4.79 Å². The molecule has 3 rings (SSSR count). The number of rotatable bonds is 3. The lowest BCUT2D eigenvalue weighted by atomic mass is 10.2. The number of carbonyl (C=O) groups is 1. The summed E-state index contributed by atoms with van der Waals surface area (Å²) in [6, 6.07) is 7.20. The third-order valence-electron chi connectivity index (χ3n) is 3.75. The van der Waals surface area contributed by atoms with Gasteiger partial charge >= 0.3 is 6.18 Å². The predicted octanol–water partition coefficient (Wildman–Crippen LogP) is 3.56. The molecule has 0 saturated carbocycles. The Hall–Kier alpha value is -2.13. The number of nitrogens with one attached hydrogen (secondary N) is 1. The van der Waals surface area contributed by atoms with E-state index in [0.717, 1.165) is 5.69 Å². The normalized spacial score (nSPS) is 15.3. The number of anilines is 2. The van der Waals surface area contributed by atoms with Gasteiger partial charge in [-0.05, 0) is 19.1 Å². The first-order valence-corrected chi connectivity index (χ1v) is 8.45. The number of para-hydroxylation sites is 2. The van der Waals surface area contributed by atoms with Crippen molar-refractivity contribution in [3.63, 3.8) is 0 Å². The summed E-state index contributed by atoms with van der Waals surface area (Å²) >= 11 is 0.353. The number of aromatic nitrogens is 1. The minimum Gasteiger partial charge on any atom is -0.378 e. The van der Waals surface area contributed by atoms with Gasteiger partial charge in [0.15, 0.2) is 5.01 Å². The smallest absolute Gasteiger partial charge is 0.378 e. The predicted molar refractivity (Wildman–Crippen MR) is 89.3 cm³/mol. The van der Waals surface area contributed by atoms with Crippen LogP contribution in [0.15, 0.2) is 24.3 Å². The average Bonchev–Trinajstić information content (AvgIpc) is 2.98. The van der Waals surface area contributed by atoms with Crippen LogP contribution >= 0.6 is 11.3 Å². The topological polar surface area (TPSA) is 54.5 Å². The number of aryl methyl sites for hydroxylation is 1. The van der Waals surface area contributed by atoms with Crippen LogP contribution in [0.25, 0.3) is 0 Å². The molecule has 2 heterocycles. The van der Waals surface area contributed by atoms with Gasteiger partial charge in [0.2, 0.25) is 0 Å². The highest BCUT2D eigenvalue weighted by atomic mass is 32.1. The zero-order chi connectivity index (χ0) is 18.0. The van der Waals surface area contributed by atoms with E-state index in [1.165, 1.54) is 6.92 Å². The highest BCUT2D eigenvalue weighted by molar-refractivity contribution is 7.14. The first-order chi connectivity index (χ1) is 11.9. The molecule has 134 valence electrons. The minimum absolute atomic E-state index is 0.0379. The highest BCUT2D eigenvalue weighted by Crippen LogP contribution is 2.35. The fourth-order valence-corrected chi connectivity index (χ4v) is 3.40. The number of morpholine rings is 1. The Kier molecular flexibility index (Phi) is 4.96. The molecule has 0 spiro atoms. The Morgan fingerprint density at radius 2 is 1.96 bits per heavy atom. The lowest BCUT2D eigenvalue weighted by Gasteiger charge is -2.30. The van der Waals surface area contributed by atoms with Crippen molar-refractivity contribution in [3.8, 4) is 0 Å². The zero-order valence-electron chi connectivity index (χ0n) is 13.4. The second kappa shape index (κ2) is 7.01. The summed E-state index contributed by atoms with van der Waals surface area (Å²) in [4.78, 5) is 18.0. The van der Waals surface area contributed by atoms with E-state index in [2.05, 4.69) is 15.2 Å². The van der Waals surface area contributed by atoms with E-state index in [9.17, 15) is 18.0 Å². The summed E-state index contributed by atoms with van der Waals surface area (Å²) < 4.78 is 43.6. The summed E-state index contributed by atoms with van der Waals surface area (Å²) in [5.74, 6) is -0.591. The minimum atomic E-state index is -4.56. The van der Waals surface area contributed by atoms with E-state index in [0.29, 0.717) is 43.3 Å². The van der Waals surface area contributed by atoms with Crippen LogP contribution in [-0.2, 0) is 10.9 Å². The second-order valence-electron chi connectivity index (χ2n) is 5.50. The molecule has 1 amide bonds. The van der Waals surface area contributed by atoms with Gasteiger partial charge in [-0.15, -0.1) is 11.3 Å². The molecule has 0 bridgehead atoms. The molecular weight excluding hydrogens is 355 g/mol. The van der Waals surface area contributed by atoms with Crippen LogP contribution in [0.2, 0.25) is 0 Å². The van der Waals surface area contributed by atoms with E-state index in [1.807, 2.05) is 12.1 Å². The molecule has 1 aromatic heterocycles. The van der Waals surface area contributed by atoms with Crippen molar-refractivity contribution in [1.82, 2.24) is 4.98 Å². The van der Waals surface area contributed by atoms with Crippen LogP contribution in [-0.4, -0.2) is 37.2 Å². The van der Waals surface area contributed by atoms with Crippen molar-refractivity contribution in [2.24, 2.45) is 0 Å². The molecule has 1 aromatic carbocycles. The highest BCUT2D eigenvalue weighted by Gasteiger charge is 2.36. The molecule has 25 heavy (non-hydrogen) atoms. The van der Waals surface area contributed by atoms with E-state index in [1.54, 1.807) is 12.1 Å². The maximum absolute atomic E-state index is 12.8. The monoisotopic (exact) mass is 371 g/mol. The lowest BCUT2D eigenvalue weighted by molar-refractivity contribution is -0.137. The maximum atomic E-state index is 12.8. The Labute approximate surface area is 146 Å². The van der Waals surface area contributed by atoms with Crippen molar-refractivity contribution in [2.75, 3.05) is 36.5 Å². The number of carbonyl (C=O) groups excluding carboxylic acids is 1. The molecule has 1 aliphatic rings. The van der Waals surface area contributed by atoms with Gasteiger partial charge < -0.3 is 15.0 Å². The van der Waals surface area contributed by atoms with Crippen molar-refractivity contribution in [3.05, 3.63) is 39.8 Å². The number of ether oxygens (including phenoxy) is 1. The Morgan fingerprint density at radius 1 is 1.28 bits per heavy atom. The Bertz CT molecular complexity index is 770. The van der Waals surface area contributed by atoms with E-state index < -0.39 is 17.1 Å². The maximum Gasteiger partial charge on any atom is 0.443 e. The van der Waals surface area contributed by atoms with Crippen LogP contribution in [0.4, 0.5) is 24.5 Å². The van der Waals surface area contributed by atoms with Crippen LogP contribution in [0.5, 0.6) is 0 Å². The molecule has 5 nitrogen and oxygen atoms in total. The summed E-state index contributed by atoms with van der Waals surface area (Å²) in [5.41, 5.74) is 1.44. The van der Waals surface area contributed by atoms with Crippen LogP contribution in [0, 0.1) is 6.92 Å². The molecule has 1 N–H and O–H groups in total. The third-order valence-corrected chi connectivity index (χ3v) is 4.95. The van der Waals surface area contributed by atoms with Crippen LogP contribution in [0.3, 0.4) is 0 Å². The van der Waals surface area contributed by atoms with Crippen molar-refractivity contribution >= 4 is 28.6 Å². The van der Waals surface area contributed by atoms with Gasteiger partial charge in [-0.2, -0.15) is 13.2 Å². The van der Waals surface area contributed by atoms with Gasteiger partial charge in [0.1, 0.15) is 4.88 Å². The van der Waals surface area contributed by atoms with Crippen molar-refractivity contribution in [2.45, 2.75) is 13.1 Å². The molecular formula is C16H16F3N3O2S. The number of nitrogens with zero attached hydrogens (tertiary/aromatic N) is 2. The fourth-order valence-electron chi connectivity index (χ4n) is 2.57. The Morgan fingerprint density at radius 3 is 2.60 bits per heavy atom. The molecule has 0 radical (unpaired) electrons. The molecule has 0 atom stereocenters. The number of halogens is 3. The van der Waals surface area contributed by atoms with Gasteiger partial charge in [0, 0.05) is 13.1 Å². The summed E-state index contributed by atoms with van der Waals surface area (Å²) in [6.45, 7) is 3.94. The standard InChI is InChI=1S/C16H16F3N3O2S/c1-10-13(25-15(20-10)16(17,18)19)14(23)21-11-4-2-3-5-12(11)22-6-8-24-9-7-22/h2-5H,6-9H2,1H3,(H,21,23). The molecule has 1 saturated heterocycles. The SMILES string of the molecule is Cc1nc(C(F)(F)F)sc1C(=O)Nc1ccccc1N1CCOCC1.